The summed E-state index contributed by atoms with van der Waals surface area (Å²) >= 11 is 0. The van der Waals surface area contributed by atoms with Crippen LogP contribution in [0.1, 0.15) is 5.69 Å². The third-order valence-corrected chi connectivity index (χ3v) is 1.49. The van der Waals surface area contributed by atoms with Crippen LogP contribution >= 0.6 is 0 Å². The SMILES string of the molecule is N#Cc1nc(N)cc(OC(F)(F)F)c1[N+](=O)[O-]. The average molecular weight is 248 g/mol. The van der Waals surface area contributed by atoms with Crippen molar-refractivity contribution in [2.24, 2.45) is 0 Å². The van der Waals surface area contributed by atoms with Crippen molar-refractivity contribution in [1.82, 2.24) is 4.98 Å². The third-order valence-electron chi connectivity index (χ3n) is 1.49. The van der Waals surface area contributed by atoms with Gasteiger partial charge in [0, 0.05) is 6.07 Å². The average Bonchev–Trinajstić information content (AvgIpc) is 2.12. The highest BCUT2D eigenvalue weighted by Crippen LogP contribution is 2.34. The Balaban J connectivity index is 3.42. The molecule has 0 saturated heterocycles. The molecule has 0 bridgehead atoms. The van der Waals surface area contributed by atoms with E-state index in [0.29, 0.717) is 6.07 Å². The predicted octanol–water partition coefficient (Wildman–Crippen LogP) is 1.34. The summed E-state index contributed by atoms with van der Waals surface area (Å²) in [6.07, 6.45) is -5.13. The van der Waals surface area contributed by atoms with Crippen molar-refractivity contribution < 1.29 is 22.8 Å². The van der Waals surface area contributed by atoms with E-state index in [-0.39, 0.29) is 0 Å². The van der Waals surface area contributed by atoms with Crippen molar-refractivity contribution in [3.8, 4) is 11.8 Å². The lowest BCUT2D eigenvalue weighted by Gasteiger charge is -2.09. The molecule has 90 valence electrons. The van der Waals surface area contributed by atoms with Crippen LogP contribution in [0.4, 0.5) is 24.7 Å². The second-order valence-corrected chi connectivity index (χ2v) is 2.66. The maximum absolute atomic E-state index is 12.0. The van der Waals surface area contributed by atoms with Crippen LogP contribution < -0.4 is 10.5 Å². The fraction of sp³-hybridized carbons (Fsp3) is 0.143. The van der Waals surface area contributed by atoms with E-state index in [1.807, 2.05) is 0 Å². The number of ether oxygens (including phenoxy) is 1. The summed E-state index contributed by atoms with van der Waals surface area (Å²) in [5.74, 6) is -1.67. The summed E-state index contributed by atoms with van der Waals surface area (Å²) in [4.78, 5) is 12.6. The molecule has 10 heteroatoms. The number of nitrogen functional groups attached to an aromatic ring is 1. The Morgan fingerprint density at radius 3 is 2.59 bits per heavy atom. The Labute approximate surface area is 91.4 Å². The number of nitrogens with zero attached hydrogens (tertiary/aromatic N) is 3. The highest BCUT2D eigenvalue weighted by Gasteiger charge is 2.36. The third kappa shape index (κ3) is 2.94. The van der Waals surface area contributed by atoms with E-state index < -0.39 is 34.2 Å². The molecule has 1 aromatic heterocycles. The van der Waals surface area contributed by atoms with Crippen LogP contribution in [0.15, 0.2) is 6.07 Å². The van der Waals surface area contributed by atoms with Crippen LogP contribution in [0.25, 0.3) is 0 Å². The summed E-state index contributed by atoms with van der Waals surface area (Å²) in [5.41, 5.74) is 3.06. The first-order valence-electron chi connectivity index (χ1n) is 3.85. The normalized spacial score (nSPS) is 10.7. The van der Waals surface area contributed by atoms with Crippen LogP contribution in [-0.2, 0) is 0 Å². The maximum Gasteiger partial charge on any atom is 0.573 e. The second-order valence-electron chi connectivity index (χ2n) is 2.66. The zero-order valence-corrected chi connectivity index (χ0v) is 7.85. The number of anilines is 1. The zero-order chi connectivity index (χ0) is 13.2. The number of rotatable bonds is 2. The molecular formula is C7H3F3N4O3. The smallest absolute Gasteiger partial charge is 0.398 e. The van der Waals surface area contributed by atoms with Gasteiger partial charge < -0.3 is 10.5 Å². The molecule has 0 aliphatic carbocycles. The molecule has 0 unspecified atom stereocenters. The summed E-state index contributed by atoms with van der Waals surface area (Å²) in [6.45, 7) is 0. The molecule has 0 radical (unpaired) electrons. The quantitative estimate of drug-likeness (QED) is 0.623. The molecule has 2 N–H and O–H groups in total. The molecule has 1 aromatic rings. The molecule has 17 heavy (non-hydrogen) atoms. The monoisotopic (exact) mass is 248 g/mol. The van der Waals surface area contributed by atoms with Gasteiger partial charge in [0.25, 0.3) is 0 Å². The number of pyridine rings is 1. The van der Waals surface area contributed by atoms with Gasteiger partial charge in [-0.2, -0.15) is 5.26 Å². The van der Waals surface area contributed by atoms with Crippen molar-refractivity contribution in [1.29, 1.82) is 5.26 Å². The van der Waals surface area contributed by atoms with Gasteiger partial charge in [0.15, 0.2) is 0 Å². The number of alkyl halides is 3. The Hall–Kier alpha value is -2.57. The number of nitro groups is 1. The van der Waals surface area contributed by atoms with E-state index in [9.17, 15) is 23.3 Å². The van der Waals surface area contributed by atoms with Crippen LogP contribution in [0.5, 0.6) is 5.75 Å². The highest BCUT2D eigenvalue weighted by atomic mass is 19.4. The summed E-state index contributed by atoms with van der Waals surface area (Å²) in [7, 11) is 0. The zero-order valence-electron chi connectivity index (χ0n) is 7.85. The maximum atomic E-state index is 12.0. The van der Waals surface area contributed by atoms with Crippen molar-refractivity contribution in [2.45, 2.75) is 6.36 Å². The number of nitriles is 1. The molecule has 0 aliphatic rings. The van der Waals surface area contributed by atoms with Crippen molar-refractivity contribution in [3.63, 3.8) is 0 Å². The molecular weight excluding hydrogens is 245 g/mol. The largest absolute Gasteiger partial charge is 0.573 e. The molecule has 0 spiro atoms. The molecule has 0 aromatic carbocycles. The predicted molar refractivity (Wildman–Crippen MR) is 46.7 cm³/mol. The Bertz CT molecular complexity index is 508. The fourth-order valence-corrected chi connectivity index (χ4v) is 0.991. The molecule has 7 nitrogen and oxygen atoms in total. The Kier molecular flexibility index (Phi) is 3.03. The number of hydrogen-bond donors (Lipinski definition) is 1. The lowest BCUT2D eigenvalue weighted by atomic mass is 10.3. The molecule has 0 atom stereocenters. The molecule has 1 heterocycles. The van der Waals surface area contributed by atoms with Crippen LogP contribution in [0.3, 0.4) is 0 Å². The van der Waals surface area contributed by atoms with E-state index >= 15 is 0 Å². The number of aromatic nitrogens is 1. The molecule has 0 aliphatic heterocycles. The van der Waals surface area contributed by atoms with Crippen molar-refractivity contribution >= 4 is 11.5 Å². The minimum atomic E-state index is -5.13. The van der Waals surface area contributed by atoms with Gasteiger partial charge in [-0.25, -0.2) is 4.98 Å². The molecule has 0 fully saturated rings. The van der Waals surface area contributed by atoms with E-state index in [1.54, 1.807) is 0 Å². The number of nitrogens with two attached hydrogens (primary N) is 1. The van der Waals surface area contributed by atoms with Gasteiger partial charge in [-0.15, -0.1) is 13.2 Å². The number of halogens is 3. The van der Waals surface area contributed by atoms with E-state index in [1.165, 1.54) is 6.07 Å². The van der Waals surface area contributed by atoms with Gasteiger partial charge in [0.1, 0.15) is 11.9 Å². The van der Waals surface area contributed by atoms with E-state index in [2.05, 4.69) is 9.72 Å². The molecule has 0 amide bonds. The topological polar surface area (TPSA) is 115 Å². The van der Waals surface area contributed by atoms with Gasteiger partial charge in [0.05, 0.1) is 4.92 Å². The number of hydrogen-bond acceptors (Lipinski definition) is 6. The van der Waals surface area contributed by atoms with Crippen LogP contribution in [0.2, 0.25) is 0 Å². The van der Waals surface area contributed by atoms with Gasteiger partial charge in [-0.1, -0.05) is 0 Å². The van der Waals surface area contributed by atoms with Gasteiger partial charge in [-0.05, 0) is 0 Å². The Morgan fingerprint density at radius 2 is 2.18 bits per heavy atom. The van der Waals surface area contributed by atoms with E-state index in [0.717, 1.165) is 0 Å². The first-order chi connectivity index (χ1) is 7.74. The first kappa shape index (κ1) is 12.5. The van der Waals surface area contributed by atoms with Gasteiger partial charge in [-0.3, -0.25) is 10.1 Å². The second kappa shape index (κ2) is 4.12. The van der Waals surface area contributed by atoms with Gasteiger partial charge in [0.2, 0.25) is 11.4 Å². The minimum Gasteiger partial charge on any atom is -0.398 e. The first-order valence-corrected chi connectivity index (χ1v) is 3.85. The van der Waals surface area contributed by atoms with E-state index in [4.69, 9.17) is 11.0 Å². The standard InChI is InChI=1S/C7H3F3N4O3/c8-7(9,10)17-4-1-5(12)13-3(2-11)6(4)14(15)16/h1H,(H2,12,13). The summed E-state index contributed by atoms with van der Waals surface area (Å²) in [5, 5.41) is 19.0. The fourth-order valence-electron chi connectivity index (χ4n) is 0.991. The molecule has 1 rings (SSSR count). The van der Waals surface area contributed by atoms with Gasteiger partial charge >= 0.3 is 12.0 Å². The minimum absolute atomic E-state index is 0.494. The lowest BCUT2D eigenvalue weighted by Crippen LogP contribution is -2.18. The lowest BCUT2D eigenvalue weighted by molar-refractivity contribution is -0.389. The summed E-state index contributed by atoms with van der Waals surface area (Å²) in [6, 6.07) is 1.78. The summed E-state index contributed by atoms with van der Waals surface area (Å²) < 4.78 is 39.3. The highest BCUT2D eigenvalue weighted by molar-refractivity contribution is 5.59. The Morgan fingerprint density at radius 1 is 1.59 bits per heavy atom. The van der Waals surface area contributed by atoms with Crippen LogP contribution in [-0.4, -0.2) is 16.3 Å². The van der Waals surface area contributed by atoms with Crippen molar-refractivity contribution in [3.05, 3.63) is 21.9 Å². The van der Waals surface area contributed by atoms with Crippen LogP contribution in [0, 0.1) is 21.4 Å². The molecule has 0 saturated carbocycles. The van der Waals surface area contributed by atoms with Crippen molar-refractivity contribution in [2.75, 3.05) is 5.73 Å².